The van der Waals surface area contributed by atoms with E-state index in [0.717, 1.165) is 19.6 Å². The minimum Gasteiger partial charge on any atom is -0.377 e. The number of ether oxygens (including phenoxy) is 1. The zero-order valence-electron chi connectivity index (χ0n) is 6.98. The molecule has 2 nitrogen and oxygen atoms in total. The van der Waals surface area contributed by atoms with Crippen LogP contribution in [0.2, 0.25) is 0 Å². The number of rotatable bonds is 4. The summed E-state index contributed by atoms with van der Waals surface area (Å²) in [5.41, 5.74) is 0. The first-order valence-electron chi connectivity index (χ1n) is 4.25. The first-order valence-corrected chi connectivity index (χ1v) is 4.25. The van der Waals surface area contributed by atoms with E-state index in [-0.39, 0.29) is 6.67 Å². The molecule has 2 atom stereocenters. The third-order valence-corrected chi connectivity index (χ3v) is 2.09. The van der Waals surface area contributed by atoms with Gasteiger partial charge in [-0.2, -0.15) is 0 Å². The summed E-state index contributed by atoms with van der Waals surface area (Å²) in [6, 6.07) is 0.446. The van der Waals surface area contributed by atoms with Gasteiger partial charge < -0.3 is 10.1 Å². The molecule has 3 heteroatoms. The Morgan fingerprint density at radius 2 is 2.45 bits per heavy atom. The largest absolute Gasteiger partial charge is 0.377 e. The smallest absolute Gasteiger partial charge is 0.0906 e. The van der Waals surface area contributed by atoms with Gasteiger partial charge in [-0.15, -0.1) is 0 Å². The van der Waals surface area contributed by atoms with Crippen LogP contribution >= 0.6 is 0 Å². The molecule has 2 unspecified atom stereocenters. The Labute approximate surface area is 67.1 Å². The maximum atomic E-state index is 11.7. The van der Waals surface area contributed by atoms with E-state index >= 15 is 0 Å². The molecule has 0 amide bonds. The van der Waals surface area contributed by atoms with Gasteiger partial charge >= 0.3 is 0 Å². The Morgan fingerprint density at radius 3 is 3.00 bits per heavy atom. The fourth-order valence-electron chi connectivity index (χ4n) is 1.35. The molecule has 0 aromatic carbocycles. The predicted octanol–water partition coefficient (Wildman–Crippen LogP) is 1.11. The number of alkyl halides is 1. The van der Waals surface area contributed by atoms with E-state index in [9.17, 15) is 4.39 Å². The number of hydrogen-bond acceptors (Lipinski definition) is 2. The normalized spacial score (nSPS) is 31.1. The minimum atomic E-state index is -0.227. The van der Waals surface area contributed by atoms with Gasteiger partial charge in [-0.05, 0) is 26.3 Å². The molecule has 1 aliphatic heterocycles. The lowest BCUT2D eigenvalue weighted by atomic mass is 10.1. The van der Waals surface area contributed by atoms with Crippen LogP contribution < -0.4 is 5.32 Å². The van der Waals surface area contributed by atoms with Crippen molar-refractivity contribution in [2.75, 3.05) is 19.8 Å². The van der Waals surface area contributed by atoms with Gasteiger partial charge in [-0.1, -0.05) is 0 Å². The second-order valence-corrected chi connectivity index (χ2v) is 2.97. The minimum absolute atomic E-state index is 0.227. The molecule has 66 valence electrons. The molecule has 1 saturated heterocycles. The molecule has 0 aromatic rings. The maximum absolute atomic E-state index is 11.7. The topological polar surface area (TPSA) is 21.3 Å². The van der Waals surface area contributed by atoms with Gasteiger partial charge in [0.1, 0.15) is 0 Å². The average molecular weight is 161 g/mol. The highest BCUT2D eigenvalue weighted by Crippen LogP contribution is 2.11. The van der Waals surface area contributed by atoms with Gasteiger partial charge in [0.2, 0.25) is 0 Å². The molecule has 1 fully saturated rings. The van der Waals surface area contributed by atoms with E-state index in [1.54, 1.807) is 0 Å². The fraction of sp³-hybridized carbons (Fsp3) is 1.00. The average Bonchev–Trinajstić information content (AvgIpc) is 2.37. The van der Waals surface area contributed by atoms with Crippen LogP contribution in [0.1, 0.15) is 19.8 Å². The monoisotopic (exact) mass is 161 g/mol. The molecule has 11 heavy (non-hydrogen) atoms. The summed E-state index contributed by atoms with van der Waals surface area (Å²) in [7, 11) is 0. The van der Waals surface area contributed by atoms with Crippen LogP contribution in [-0.2, 0) is 4.74 Å². The highest BCUT2D eigenvalue weighted by Gasteiger charge is 2.22. The molecule has 0 saturated carbocycles. The van der Waals surface area contributed by atoms with Crippen molar-refractivity contribution in [3.05, 3.63) is 0 Å². The van der Waals surface area contributed by atoms with E-state index in [1.165, 1.54) is 0 Å². The Balaban J connectivity index is 2.05. The van der Waals surface area contributed by atoms with Gasteiger partial charge in [0.25, 0.3) is 0 Å². The van der Waals surface area contributed by atoms with Crippen LogP contribution in [0, 0.1) is 0 Å². The lowest BCUT2D eigenvalue weighted by Gasteiger charge is -2.14. The standard InChI is InChI=1S/C8H16FNO/c1-7-8(3-6-11-7)10-5-2-4-9/h7-8,10H,2-6H2,1H3. The van der Waals surface area contributed by atoms with Crippen molar-refractivity contribution >= 4 is 0 Å². The van der Waals surface area contributed by atoms with Crippen LogP contribution in [0.3, 0.4) is 0 Å². The third kappa shape index (κ3) is 2.75. The van der Waals surface area contributed by atoms with Crippen molar-refractivity contribution in [1.29, 1.82) is 0 Å². The van der Waals surface area contributed by atoms with Crippen LogP contribution in [-0.4, -0.2) is 32.0 Å². The molecule has 1 aliphatic rings. The Bertz CT molecular complexity index is 110. The van der Waals surface area contributed by atoms with Gasteiger partial charge in [0, 0.05) is 12.6 Å². The molecule has 0 spiro atoms. The number of nitrogens with one attached hydrogen (secondary N) is 1. The Kier molecular flexibility index (Phi) is 3.80. The zero-order chi connectivity index (χ0) is 8.10. The van der Waals surface area contributed by atoms with Gasteiger partial charge in [0.05, 0.1) is 12.8 Å². The molecule has 1 heterocycles. The van der Waals surface area contributed by atoms with Crippen LogP contribution in [0.4, 0.5) is 4.39 Å². The van der Waals surface area contributed by atoms with Gasteiger partial charge in [-0.3, -0.25) is 4.39 Å². The summed E-state index contributed by atoms with van der Waals surface area (Å²) in [5, 5.41) is 3.27. The second-order valence-electron chi connectivity index (χ2n) is 2.97. The zero-order valence-corrected chi connectivity index (χ0v) is 6.98. The first kappa shape index (κ1) is 8.94. The van der Waals surface area contributed by atoms with E-state index in [0.29, 0.717) is 18.6 Å². The summed E-state index contributed by atoms with van der Waals surface area (Å²) in [5.74, 6) is 0. The Morgan fingerprint density at radius 1 is 1.64 bits per heavy atom. The van der Waals surface area contributed by atoms with E-state index < -0.39 is 0 Å². The molecular weight excluding hydrogens is 145 g/mol. The highest BCUT2D eigenvalue weighted by molar-refractivity contribution is 4.78. The summed E-state index contributed by atoms with van der Waals surface area (Å²) in [4.78, 5) is 0. The van der Waals surface area contributed by atoms with Crippen LogP contribution in [0.15, 0.2) is 0 Å². The van der Waals surface area contributed by atoms with Crippen molar-refractivity contribution in [1.82, 2.24) is 5.32 Å². The SMILES string of the molecule is CC1OCCC1NCCCF. The second kappa shape index (κ2) is 4.67. The molecular formula is C8H16FNO. The molecule has 0 bridgehead atoms. The van der Waals surface area contributed by atoms with Crippen LogP contribution in [0.5, 0.6) is 0 Å². The summed E-state index contributed by atoms with van der Waals surface area (Å²) < 4.78 is 17.0. The quantitative estimate of drug-likeness (QED) is 0.624. The fourth-order valence-corrected chi connectivity index (χ4v) is 1.35. The first-order chi connectivity index (χ1) is 5.34. The van der Waals surface area contributed by atoms with Gasteiger partial charge in [0.15, 0.2) is 0 Å². The van der Waals surface area contributed by atoms with E-state index in [1.807, 2.05) is 0 Å². The van der Waals surface area contributed by atoms with E-state index in [4.69, 9.17) is 4.74 Å². The van der Waals surface area contributed by atoms with Crippen molar-refractivity contribution in [3.8, 4) is 0 Å². The number of halogens is 1. The summed E-state index contributed by atoms with van der Waals surface area (Å²) in [6.07, 6.45) is 1.98. The molecule has 1 N–H and O–H groups in total. The molecule has 0 aromatic heterocycles. The van der Waals surface area contributed by atoms with E-state index in [2.05, 4.69) is 12.2 Å². The highest BCUT2D eigenvalue weighted by atomic mass is 19.1. The summed E-state index contributed by atoms with van der Waals surface area (Å²) >= 11 is 0. The van der Waals surface area contributed by atoms with Crippen LogP contribution in [0.25, 0.3) is 0 Å². The van der Waals surface area contributed by atoms with Gasteiger partial charge in [-0.25, -0.2) is 0 Å². The Hall–Kier alpha value is -0.150. The summed E-state index contributed by atoms with van der Waals surface area (Å²) in [6.45, 7) is 3.44. The molecule has 0 aliphatic carbocycles. The lowest BCUT2D eigenvalue weighted by molar-refractivity contribution is 0.113. The van der Waals surface area contributed by atoms with Crippen molar-refractivity contribution < 1.29 is 9.13 Å². The van der Waals surface area contributed by atoms with Crippen molar-refractivity contribution in [2.24, 2.45) is 0 Å². The third-order valence-electron chi connectivity index (χ3n) is 2.09. The molecule has 1 rings (SSSR count). The van der Waals surface area contributed by atoms with Crippen molar-refractivity contribution in [2.45, 2.75) is 31.9 Å². The lowest BCUT2D eigenvalue weighted by Crippen LogP contribution is -2.35. The predicted molar refractivity (Wildman–Crippen MR) is 42.4 cm³/mol. The maximum Gasteiger partial charge on any atom is 0.0906 e. The van der Waals surface area contributed by atoms with Crippen molar-refractivity contribution in [3.63, 3.8) is 0 Å². The molecule has 0 radical (unpaired) electrons. The number of hydrogen-bond donors (Lipinski definition) is 1.